The molecule has 0 bridgehead atoms. The lowest BCUT2D eigenvalue weighted by Gasteiger charge is -2.11. The number of halogens is 1. The van der Waals surface area contributed by atoms with Crippen LogP contribution in [-0.2, 0) is 16.0 Å². The molecule has 184 valence electrons. The molecule has 1 heterocycles. The van der Waals surface area contributed by atoms with E-state index in [-0.39, 0.29) is 30.7 Å². The predicted molar refractivity (Wildman–Crippen MR) is 135 cm³/mol. The van der Waals surface area contributed by atoms with E-state index in [2.05, 4.69) is 10.6 Å². The largest absolute Gasteiger partial charge is 0.493 e. The van der Waals surface area contributed by atoms with Crippen LogP contribution in [0.3, 0.4) is 0 Å². The van der Waals surface area contributed by atoms with Crippen molar-refractivity contribution in [2.24, 2.45) is 0 Å². The number of carbonyl (C=O) groups excluding carboxylic acids is 2. The molecule has 2 amide bonds. The molecule has 8 heteroatoms. The summed E-state index contributed by atoms with van der Waals surface area (Å²) in [4.78, 5) is 24.7. The van der Waals surface area contributed by atoms with Gasteiger partial charge in [0.2, 0.25) is 5.91 Å². The van der Waals surface area contributed by atoms with Crippen molar-refractivity contribution in [3.05, 3.63) is 96.5 Å². The number of methoxy groups -OCH3 is 1. The minimum absolute atomic E-state index is 0.174. The van der Waals surface area contributed by atoms with Crippen molar-refractivity contribution >= 4 is 23.2 Å². The maximum absolute atomic E-state index is 13.9. The van der Waals surface area contributed by atoms with Gasteiger partial charge in [0.05, 0.1) is 12.7 Å². The molecule has 0 aliphatic heterocycles. The molecule has 0 fully saturated rings. The lowest BCUT2D eigenvalue weighted by molar-refractivity contribution is -0.118. The van der Waals surface area contributed by atoms with E-state index in [1.54, 1.807) is 72.8 Å². The van der Waals surface area contributed by atoms with Gasteiger partial charge >= 0.3 is 0 Å². The van der Waals surface area contributed by atoms with Gasteiger partial charge < -0.3 is 24.5 Å². The number of anilines is 2. The van der Waals surface area contributed by atoms with Gasteiger partial charge in [-0.3, -0.25) is 9.59 Å². The first kappa shape index (κ1) is 24.5. The van der Waals surface area contributed by atoms with Gasteiger partial charge in [-0.1, -0.05) is 30.3 Å². The third-order valence-corrected chi connectivity index (χ3v) is 5.26. The number of carbonyl (C=O) groups is 2. The SMILES string of the molecule is COc1ccccc1OCC(=O)Nc1cccc(NC(=O)CCc2ccc(-c3ccccc3F)o2)c1. The fourth-order valence-electron chi connectivity index (χ4n) is 3.53. The molecular weight excluding hydrogens is 463 g/mol. The zero-order chi connectivity index (χ0) is 25.3. The quantitative estimate of drug-likeness (QED) is 0.300. The Hall–Kier alpha value is -4.59. The van der Waals surface area contributed by atoms with E-state index in [0.717, 1.165) is 0 Å². The van der Waals surface area contributed by atoms with E-state index < -0.39 is 0 Å². The minimum atomic E-state index is -0.366. The molecule has 36 heavy (non-hydrogen) atoms. The molecule has 4 rings (SSSR count). The molecule has 7 nitrogen and oxygen atoms in total. The molecule has 0 saturated carbocycles. The zero-order valence-electron chi connectivity index (χ0n) is 19.6. The number of hydrogen-bond donors (Lipinski definition) is 2. The van der Waals surface area contributed by atoms with Crippen molar-refractivity contribution < 1.29 is 27.9 Å². The van der Waals surface area contributed by atoms with Crippen LogP contribution in [0.25, 0.3) is 11.3 Å². The summed E-state index contributed by atoms with van der Waals surface area (Å²) in [5.41, 5.74) is 1.43. The molecule has 4 aromatic rings. The van der Waals surface area contributed by atoms with Crippen LogP contribution in [0, 0.1) is 5.82 Å². The summed E-state index contributed by atoms with van der Waals surface area (Å²) in [6, 6.07) is 23.6. The standard InChI is InChI=1S/C28H25FN2O5/c1-34-25-11-4-5-12-26(25)35-18-28(33)31-20-8-6-7-19(17-20)30-27(32)16-14-21-13-15-24(36-21)22-9-2-3-10-23(22)29/h2-13,15,17H,14,16,18H2,1H3,(H,30,32)(H,31,33). The van der Waals surface area contributed by atoms with Crippen LogP contribution in [0.5, 0.6) is 11.5 Å². The first-order valence-electron chi connectivity index (χ1n) is 11.3. The predicted octanol–water partition coefficient (Wildman–Crippen LogP) is 5.68. The molecule has 0 radical (unpaired) electrons. The van der Waals surface area contributed by atoms with Gasteiger partial charge in [0.1, 0.15) is 17.3 Å². The van der Waals surface area contributed by atoms with E-state index in [1.165, 1.54) is 13.2 Å². The number of nitrogens with one attached hydrogen (secondary N) is 2. The highest BCUT2D eigenvalue weighted by molar-refractivity contribution is 5.94. The summed E-state index contributed by atoms with van der Waals surface area (Å²) >= 11 is 0. The Morgan fingerprint density at radius 3 is 2.28 bits per heavy atom. The summed E-state index contributed by atoms with van der Waals surface area (Å²) in [7, 11) is 1.53. The van der Waals surface area contributed by atoms with Crippen molar-refractivity contribution in [1.82, 2.24) is 0 Å². The number of aryl methyl sites for hydroxylation is 1. The number of hydrogen-bond acceptors (Lipinski definition) is 5. The summed E-state index contributed by atoms with van der Waals surface area (Å²) in [6.45, 7) is -0.199. The van der Waals surface area contributed by atoms with Gasteiger partial charge in [-0.2, -0.15) is 0 Å². The number of amides is 2. The highest BCUT2D eigenvalue weighted by Gasteiger charge is 2.12. The second kappa shape index (κ2) is 11.7. The first-order chi connectivity index (χ1) is 17.5. The van der Waals surface area contributed by atoms with Crippen LogP contribution in [0.2, 0.25) is 0 Å². The molecule has 2 N–H and O–H groups in total. The van der Waals surface area contributed by atoms with Gasteiger partial charge in [-0.15, -0.1) is 0 Å². The number of ether oxygens (including phenoxy) is 2. The Kier molecular flexibility index (Phi) is 7.97. The normalized spacial score (nSPS) is 10.5. The third kappa shape index (κ3) is 6.50. The molecule has 1 aromatic heterocycles. The molecule has 0 unspecified atom stereocenters. The van der Waals surface area contributed by atoms with Crippen LogP contribution in [0.15, 0.2) is 89.3 Å². The van der Waals surface area contributed by atoms with Crippen molar-refractivity contribution in [2.75, 3.05) is 24.4 Å². The smallest absolute Gasteiger partial charge is 0.262 e. The van der Waals surface area contributed by atoms with Crippen molar-refractivity contribution in [3.63, 3.8) is 0 Å². The monoisotopic (exact) mass is 488 g/mol. The molecule has 0 atom stereocenters. The Balaban J connectivity index is 1.27. The van der Waals surface area contributed by atoms with Crippen LogP contribution >= 0.6 is 0 Å². The summed E-state index contributed by atoms with van der Waals surface area (Å²) < 4.78 is 30.4. The van der Waals surface area contributed by atoms with E-state index >= 15 is 0 Å². The van der Waals surface area contributed by atoms with Gasteiger partial charge in [0.25, 0.3) is 5.91 Å². The summed E-state index contributed by atoms with van der Waals surface area (Å²) in [5.74, 6) is 1.06. The second-order valence-corrected chi connectivity index (χ2v) is 7.86. The van der Waals surface area contributed by atoms with Crippen LogP contribution < -0.4 is 20.1 Å². The Morgan fingerprint density at radius 2 is 1.53 bits per heavy atom. The highest BCUT2D eigenvalue weighted by atomic mass is 19.1. The first-order valence-corrected chi connectivity index (χ1v) is 11.3. The average Bonchev–Trinajstić information content (AvgIpc) is 3.36. The van der Waals surface area contributed by atoms with Gasteiger partial charge in [-0.25, -0.2) is 4.39 Å². The van der Waals surface area contributed by atoms with Crippen LogP contribution in [0.4, 0.5) is 15.8 Å². The zero-order valence-corrected chi connectivity index (χ0v) is 19.6. The maximum Gasteiger partial charge on any atom is 0.262 e. The molecule has 0 spiro atoms. The number of rotatable bonds is 10. The maximum atomic E-state index is 13.9. The minimum Gasteiger partial charge on any atom is -0.493 e. The van der Waals surface area contributed by atoms with Crippen molar-refractivity contribution in [2.45, 2.75) is 12.8 Å². The molecular formula is C28H25FN2O5. The topological polar surface area (TPSA) is 89.8 Å². The molecule has 0 saturated heterocycles. The van der Waals surface area contributed by atoms with E-state index in [4.69, 9.17) is 13.9 Å². The number of benzene rings is 3. The van der Waals surface area contributed by atoms with Gasteiger partial charge in [0, 0.05) is 24.2 Å². The highest BCUT2D eigenvalue weighted by Crippen LogP contribution is 2.26. The third-order valence-electron chi connectivity index (χ3n) is 5.26. The van der Waals surface area contributed by atoms with Gasteiger partial charge in [-0.05, 0) is 54.6 Å². The summed E-state index contributed by atoms with van der Waals surface area (Å²) in [5, 5.41) is 5.55. The lowest BCUT2D eigenvalue weighted by Crippen LogP contribution is -2.20. The average molecular weight is 489 g/mol. The molecule has 3 aromatic carbocycles. The van der Waals surface area contributed by atoms with Crippen LogP contribution in [0.1, 0.15) is 12.2 Å². The van der Waals surface area contributed by atoms with Gasteiger partial charge in [0.15, 0.2) is 18.1 Å². The number of furan rings is 1. The molecule has 0 aliphatic rings. The van der Waals surface area contributed by atoms with Crippen molar-refractivity contribution in [3.8, 4) is 22.8 Å². The van der Waals surface area contributed by atoms with E-state index in [0.29, 0.717) is 46.4 Å². The fraction of sp³-hybridized carbons (Fsp3) is 0.143. The van der Waals surface area contributed by atoms with Crippen LogP contribution in [-0.4, -0.2) is 25.5 Å². The second-order valence-electron chi connectivity index (χ2n) is 7.86. The number of para-hydroxylation sites is 2. The Morgan fingerprint density at radius 1 is 0.833 bits per heavy atom. The van der Waals surface area contributed by atoms with E-state index in [1.807, 2.05) is 6.07 Å². The summed E-state index contributed by atoms with van der Waals surface area (Å²) in [6.07, 6.45) is 0.532. The van der Waals surface area contributed by atoms with Crippen molar-refractivity contribution in [1.29, 1.82) is 0 Å². The fourth-order valence-corrected chi connectivity index (χ4v) is 3.53. The Bertz CT molecular complexity index is 1350. The molecule has 0 aliphatic carbocycles. The lowest BCUT2D eigenvalue weighted by atomic mass is 10.1. The Labute approximate surface area is 207 Å². The van der Waals surface area contributed by atoms with E-state index in [9.17, 15) is 14.0 Å².